The summed E-state index contributed by atoms with van der Waals surface area (Å²) in [5.41, 5.74) is 0.548. The van der Waals surface area contributed by atoms with E-state index in [-0.39, 0.29) is 0 Å². The zero-order valence-corrected chi connectivity index (χ0v) is 8.30. The predicted octanol–water partition coefficient (Wildman–Crippen LogP) is 2.88. The van der Waals surface area contributed by atoms with E-state index in [4.69, 9.17) is 14.7 Å². The van der Waals surface area contributed by atoms with Crippen LogP contribution >= 0.6 is 34.6 Å². The molecule has 0 spiro atoms. The number of halogens is 2. The van der Waals surface area contributed by atoms with Crippen LogP contribution < -0.4 is 3.07 Å². The summed E-state index contributed by atoms with van der Waals surface area (Å²) >= 11 is 7.45. The second kappa shape index (κ2) is 3.92. The van der Waals surface area contributed by atoms with E-state index in [2.05, 4.69) is 0 Å². The van der Waals surface area contributed by atoms with Gasteiger partial charge in [0.05, 0.1) is 5.02 Å². The van der Waals surface area contributed by atoms with Crippen molar-refractivity contribution in [3.8, 4) is 5.75 Å². The molecule has 0 saturated heterocycles. The van der Waals surface area contributed by atoms with Crippen LogP contribution in [0.5, 0.6) is 5.75 Å². The van der Waals surface area contributed by atoms with Crippen molar-refractivity contribution in [2.24, 2.45) is 0 Å². The molecule has 0 aliphatic rings. The lowest BCUT2D eigenvalue weighted by molar-refractivity contribution is 0.112. The van der Waals surface area contributed by atoms with Crippen LogP contribution in [0.15, 0.2) is 18.2 Å². The van der Waals surface area contributed by atoms with Crippen LogP contribution in [0.4, 0.5) is 0 Å². The quantitative estimate of drug-likeness (QED) is 0.616. The summed E-state index contributed by atoms with van der Waals surface area (Å²) in [5.74, 6) is 0.567. The first-order chi connectivity index (χ1) is 5.27. The minimum atomic E-state index is 0.448. The molecule has 0 bridgehead atoms. The maximum absolute atomic E-state index is 10.3. The molecule has 58 valence electrons. The van der Waals surface area contributed by atoms with Gasteiger partial charge in [-0.25, -0.2) is 0 Å². The summed E-state index contributed by atoms with van der Waals surface area (Å²) in [4.78, 5) is 10.3. The van der Waals surface area contributed by atoms with E-state index in [1.807, 2.05) is 0 Å². The van der Waals surface area contributed by atoms with Gasteiger partial charge in [-0.1, -0.05) is 11.6 Å². The van der Waals surface area contributed by atoms with Gasteiger partial charge in [-0.15, -0.1) is 0 Å². The molecule has 4 heteroatoms. The molecule has 0 saturated carbocycles. The van der Waals surface area contributed by atoms with Gasteiger partial charge < -0.3 is 3.07 Å². The van der Waals surface area contributed by atoms with Crippen LogP contribution in [-0.4, -0.2) is 6.29 Å². The molecule has 0 radical (unpaired) electrons. The number of benzene rings is 1. The van der Waals surface area contributed by atoms with Crippen LogP contribution in [-0.2, 0) is 0 Å². The Balaban J connectivity index is 3.09. The number of hydrogen-bond donors (Lipinski definition) is 0. The topological polar surface area (TPSA) is 26.3 Å². The second-order valence-corrected chi connectivity index (χ2v) is 2.73. The predicted molar refractivity (Wildman–Crippen MR) is 51.5 cm³/mol. The summed E-state index contributed by atoms with van der Waals surface area (Å²) in [7, 11) is 0. The lowest BCUT2D eigenvalue weighted by Gasteiger charge is -1.99. The third kappa shape index (κ3) is 2.07. The Hall–Kier alpha value is -0.290. The van der Waals surface area contributed by atoms with Gasteiger partial charge >= 0.3 is 0 Å². The Bertz CT molecular complexity index is 275. The van der Waals surface area contributed by atoms with E-state index >= 15 is 0 Å². The van der Waals surface area contributed by atoms with Crippen LogP contribution in [0.2, 0.25) is 5.02 Å². The van der Waals surface area contributed by atoms with Crippen LogP contribution in [0.25, 0.3) is 0 Å². The number of aldehydes is 1. The molecular formula is C7H4ClIO2. The molecule has 1 rings (SSSR count). The summed E-state index contributed by atoms with van der Waals surface area (Å²) in [6.07, 6.45) is 0.739. The van der Waals surface area contributed by atoms with Gasteiger partial charge in [0, 0.05) is 5.56 Å². The van der Waals surface area contributed by atoms with Gasteiger partial charge in [0.25, 0.3) is 0 Å². The molecule has 0 unspecified atom stereocenters. The molecule has 0 aliphatic carbocycles. The maximum atomic E-state index is 10.3. The van der Waals surface area contributed by atoms with Crippen molar-refractivity contribution >= 4 is 40.9 Å². The molecule has 0 aromatic heterocycles. The van der Waals surface area contributed by atoms with Crippen LogP contribution in [0.3, 0.4) is 0 Å². The van der Waals surface area contributed by atoms with E-state index in [0.717, 1.165) is 6.29 Å². The van der Waals surface area contributed by atoms with Crippen molar-refractivity contribution in [2.45, 2.75) is 0 Å². The fourth-order valence-corrected chi connectivity index (χ4v) is 1.39. The third-order valence-corrected chi connectivity index (χ3v) is 1.94. The molecule has 2 nitrogen and oxygen atoms in total. The number of carbonyl (C=O) groups excluding carboxylic acids is 1. The SMILES string of the molecule is O=Cc1ccc(OI)c(Cl)c1. The highest BCUT2D eigenvalue weighted by Crippen LogP contribution is 2.26. The first-order valence-corrected chi connectivity index (χ1v) is 4.07. The highest BCUT2D eigenvalue weighted by molar-refractivity contribution is 14.1. The van der Waals surface area contributed by atoms with E-state index in [1.165, 1.54) is 0 Å². The van der Waals surface area contributed by atoms with Crippen molar-refractivity contribution in [1.82, 2.24) is 0 Å². The minimum absolute atomic E-state index is 0.448. The van der Waals surface area contributed by atoms with Crippen molar-refractivity contribution in [1.29, 1.82) is 0 Å². The average Bonchev–Trinajstić information content (AvgIpc) is 2.04. The smallest absolute Gasteiger partial charge is 0.192 e. The number of hydrogen-bond acceptors (Lipinski definition) is 2. The van der Waals surface area contributed by atoms with Crippen LogP contribution in [0.1, 0.15) is 10.4 Å². The summed E-state index contributed by atoms with van der Waals surface area (Å²) in [6, 6.07) is 4.86. The monoisotopic (exact) mass is 282 g/mol. The van der Waals surface area contributed by atoms with E-state index in [0.29, 0.717) is 16.3 Å². The maximum Gasteiger partial charge on any atom is 0.192 e. The van der Waals surface area contributed by atoms with E-state index in [1.54, 1.807) is 41.2 Å². The van der Waals surface area contributed by atoms with Gasteiger partial charge in [0.2, 0.25) is 0 Å². The van der Waals surface area contributed by atoms with Crippen molar-refractivity contribution in [3.63, 3.8) is 0 Å². The third-order valence-electron chi connectivity index (χ3n) is 1.18. The van der Waals surface area contributed by atoms with Crippen LogP contribution in [0, 0.1) is 0 Å². The second-order valence-electron chi connectivity index (χ2n) is 1.88. The lowest BCUT2D eigenvalue weighted by Crippen LogP contribution is -1.81. The molecule has 0 atom stereocenters. The summed E-state index contributed by atoms with van der Waals surface area (Å²) < 4.78 is 4.87. The molecule has 0 amide bonds. The minimum Gasteiger partial charge on any atom is -0.426 e. The van der Waals surface area contributed by atoms with Gasteiger partial charge in [-0.3, -0.25) is 4.79 Å². The Labute approximate surface area is 83.2 Å². The Morgan fingerprint density at radius 2 is 2.27 bits per heavy atom. The first-order valence-electron chi connectivity index (χ1n) is 2.81. The molecule has 1 aromatic carbocycles. The summed E-state index contributed by atoms with van der Waals surface area (Å²) in [5, 5.41) is 0.448. The Kier molecular flexibility index (Phi) is 3.14. The van der Waals surface area contributed by atoms with E-state index < -0.39 is 0 Å². The molecule has 0 aliphatic heterocycles. The van der Waals surface area contributed by atoms with Gasteiger partial charge in [0.1, 0.15) is 6.29 Å². The highest BCUT2D eigenvalue weighted by atomic mass is 127. The number of rotatable bonds is 2. The normalized spacial score (nSPS) is 9.27. The molecule has 0 N–H and O–H groups in total. The Morgan fingerprint density at radius 3 is 2.73 bits per heavy atom. The average molecular weight is 282 g/mol. The van der Waals surface area contributed by atoms with Crippen molar-refractivity contribution in [2.75, 3.05) is 0 Å². The van der Waals surface area contributed by atoms with Gasteiger partial charge in [-0.2, -0.15) is 0 Å². The molecule has 1 aromatic rings. The first kappa shape index (κ1) is 8.80. The van der Waals surface area contributed by atoms with Crippen molar-refractivity contribution < 1.29 is 7.86 Å². The Morgan fingerprint density at radius 1 is 1.55 bits per heavy atom. The standard InChI is InChI=1S/C7H4ClIO2/c8-6-3-5(4-10)1-2-7(6)11-9/h1-4H. The molecule has 0 heterocycles. The molecular weight excluding hydrogens is 278 g/mol. The zero-order valence-electron chi connectivity index (χ0n) is 5.38. The van der Waals surface area contributed by atoms with E-state index in [9.17, 15) is 4.79 Å². The number of carbonyl (C=O) groups is 1. The zero-order chi connectivity index (χ0) is 8.27. The fraction of sp³-hybridized carbons (Fsp3) is 0. The molecule has 11 heavy (non-hydrogen) atoms. The summed E-state index contributed by atoms with van der Waals surface area (Å²) in [6.45, 7) is 0. The van der Waals surface area contributed by atoms with Crippen molar-refractivity contribution in [3.05, 3.63) is 28.8 Å². The highest BCUT2D eigenvalue weighted by Gasteiger charge is 2.00. The molecule has 0 fully saturated rings. The largest absolute Gasteiger partial charge is 0.426 e. The van der Waals surface area contributed by atoms with Gasteiger partial charge in [-0.05, 0) is 18.2 Å². The lowest BCUT2D eigenvalue weighted by atomic mass is 10.2. The fourth-order valence-electron chi connectivity index (χ4n) is 0.653. The van der Waals surface area contributed by atoms with Gasteiger partial charge in [0.15, 0.2) is 28.8 Å².